The van der Waals surface area contributed by atoms with Crippen LogP contribution in [0.15, 0.2) is 69.5 Å². The molecule has 1 aromatic heterocycles. The van der Waals surface area contributed by atoms with Crippen molar-refractivity contribution in [2.75, 3.05) is 13.2 Å². The summed E-state index contributed by atoms with van der Waals surface area (Å²) in [6, 6.07) is 11.7. The lowest BCUT2D eigenvalue weighted by molar-refractivity contribution is 0.0635. The fourth-order valence-electron chi connectivity index (χ4n) is 3.59. The summed E-state index contributed by atoms with van der Waals surface area (Å²) in [4.78, 5) is 13.2. The first-order chi connectivity index (χ1) is 12.3. The molecular formula is C21H16O4. The third-order valence-electron chi connectivity index (χ3n) is 4.83. The standard InChI is InChI=1S/C21H16O4/c22-21-16(14-6-7-17-19(11-14)24-10-9-23-17)12-25-18-8-5-13-3-1-2-4-15(13)20(18)21/h1-5,8,11-12H,6-7,9-10H2. The second kappa shape index (κ2) is 5.52. The first kappa shape index (κ1) is 14.3. The third kappa shape index (κ3) is 2.25. The smallest absolute Gasteiger partial charge is 0.200 e. The first-order valence-corrected chi connectivity index (χ1v) is 8.44. The number of hydrogen-bond donors (Lipinski definition) is 0. The zero-order valence-electron chi connectivity index (χ0n) is 13.6. The molecule has 2 aromatic carbocycles. The molecule has 0 saturated heterocycles. The van der Waals surface area contributed by atoms with Gasteiger partial charge in [-0.1, -0.05) is 30.3 Å². The van der Waals surface area contributed by atoms with Crippen molar-refractivity contribution in [1.82, 2.24) is 0 Å². The van der Waals surface area contributed by atoms with Crippen LogP contribution in [0.5, 0.6) is 0 Å². The normalized spacial score (nSPS) is 17.0. The van der Waals surface area contributed by atoms with Crippen LogP contribution < -0.4 is 5.43 Å². The SMILES string of the molecule is O=c1c(C2=CC3=C(CC2)OCCO3)coc2ccc3ccccc3c12. The van der Waals surface area contributed by atoms with Crippen molar-refractivity contribution in [2.24, 2.45) is 0 Å². The minimum Gasteiger partial charge on any atom is -0.491 e. The summed E-state index contributed by atoms with van der Waals surface area (Å²) in [5.74, 6) is 1.62. The Morgan fingerprint density at radius 1 is 0.920 bits per heavy atom. The third-order valence-corrected chi connectivity index (χ3v) is 4.83. The van der Waals surface area contributed by atoms with E-state index < -0.39 is 0 Å². The molecule has 1 aliphatic heterocycles. The number of benzene rings is 2. The largest absolute Gasteiger partial charge is 0.491 e. The van der Waals surface area contributed by atoms with Crippen LogP contribution in [0.3, 0.4) is 0 Å². The highest BCUT2D eigenvalue weighted by Crippen LogP contribution is 2.33. The van der Waals surface area contributed by atoms with Gasteiger partial charge in [-0.2, -0.15) is 0 Å². The molecule has 0 fully saturated rings. The zero-order chi connectivity index (χ0) is 16.8. The van der Waals surface area contributed by atoms with Crippen LogP contribution in [0.4, 0.5) is 0 Å². The molecule has 0 saturated carbocycles. The molecule has 4 heteroatoms. The number of rotatable bonds is 1. The Bertz CT molecular complexity index is 1120. The number of ether oxygens (including phenoxy) is 2. The van der Waals surface area contributed by atoms with Gasteiger partial charge in [0.1, 0.15) is 30.8 Å². The van der Waals surface area contributed by atoms with Gasteiger partial charge in [-0.15, -0.1) is 0 Å². The minimum atomic E-state index is 0.00470. The molecule has 4 nitrogen and oxygen atoms in total. The van der Waals surface area contributed by atoms with Gasteiger partial charge in [-0.3, -0.25) is 4.79 Å². The summed E-state index contributed by atoms with van der Waals surface area (Å²) in [7, 11) is 0. The van der Waals surface area contributed by atoms with E-state index in [1.165, 1.54) is 0 Å². The van der Waals surface area contributed by atoms with Gasteiger partial charge in [0.15, 0.2) is 5.76 Å². The van der Waals surface area contributed by atoms with Crippen molar-refractivity contribution < 1.29 is 13.9 Å². The maximum Gasteiger partial charge on any atom is 0.200 e. The fourth-order valence-corrected chi connectivity index (χ4v) is 3.59. The quantitative estimate of drug-likeness (QED) is 0.621. The Kier molecular flexibility index (Phi) is 3.17. The molecule has 1 aliphatic carbocycles. The minimum absolute atomic E-state index is 0.00470. The van der Waals surface area contributed by atoms with Crippen molar-refractivity contribution in [3.05, 3.63) is 76.0 Å². The average Bonchev–Trinajstić information content (AvgIpc) is 2.67. The van der Waals surface area contributed by atoms with Gasteiger partial charge in [0.25, 0.3) is 0 Å². The van der Waals surface area contributed by atoms with E-state index in [0.29, 0.717) is 29.7 Å². The summed E-state index contributed by atoms with van der Waals surface area (Å²) in [6.45, 7) is 1.13. The van der Waals surface area contributed by atoms with Crippen LogP contribution in [0.1, 0.15) is 18.4 Å². The summed E-state index contributed by atoms with van der Waals surface area (Å²) in [6.07, 6.45) is 4.97. The Morgan fingerprint density at radius 3 is 2.76 bits per heavy atom. The first-order valence-electron chi connectivity index (χ1n) is 8.44. The Morgan fingerprint density at radius 2 is 1.80 bits per heavy atom. The van der Waals surface area contributed by atoms with E-state index in [1.54, 1.807) is 6.26 Å². The molecule has 0 N–H and O–H groups in total. The second-order valence-corrected chi connectivity index (χ2v) is 6.29. The number of allylic oxidation sites excluding steroid dienone is 3. The van der Waals surface area contributed by atoms with Crippen LogP contribution in [-0.4, -0.2) is 13.2 Å². The number of hydrogen-bond acceptors (Lipinski definition) is 4. The highest BCUT2D eigenvalue weighted by molar-refractivity contribution is 6.05. The molecule has 2 heterocycles. The van der Waals surface area contributed by atoms with Gasteiger partial charge in [-0.25, -0.2) is 0 Å². The van der Waals surface area contributed by atoms with E-state index in [2.05, 4.69) is 0 Å². The molecule has 25 heavy (non-hydrogen) atoms. The Balaban J connectivity index is 1.74. The summed E-state index contributed by atoms with van der Waals surface area (Å²) < 4.78 is 17.1. The highest BCUT2D eigenvalue weighted by Gasteiger charge is 2.22. The lowest BCUT2D eigenvalue weighted by Gasteiger charge is -2.24. The van der Waals surface area contributed by atoms with Gasteiger partial charge in [0, 0.05) is 6.42 Å². The van der Waals surface area contributed by atoms with Crippen molar-refractivity contribution in [1.29, 1.82) is 0 Å². The van der Waals surface area contributed by atoms with E-state index in [4.69, 9.17) is 13.9 Å². The molecule has 0 bridgehead atoms. The van der Waals surface area contributed by atoms with Crippen LogP contribution in [0.2, 0.25) is 0 Å². The molecule has 3 aromatic rings. The average molecular weight is 332 g/mol. The molecule has 124 valence electrons. The van der Waals surface area contributed by atoms with Gasteiger partial charge < -0.3 is 13.9 Å². The van der Waals surface area contributed by atoms with Crippen molar-refractivity contribution in [2.45, 2.75) is 12.8 Å². The van der Waals surface area contributed by atoms with Crippen molar-refractivity contribution in [3.8, 4) is 0 Å². The predicted molar refractivity (Wildman–Crippen MR) is 96.1 cm³/mol. The molecule has 0 radical (unpaired) electrons. The second-order valence-electron chi connectivity index (χ2n) is 6.29. The van der Waals surface area contributed by atoms with Gasteiger partial charge in [0.05, 0.1) is 10.9 Å². The molecule has 0 atom stereocenters. The molecule has 0 spiro atoms. The van der Waals surface area contributed by atoms with Crippen LogP contribution in [0, 0.1) is 0 Å². The van der Waals surface area contributed by atoms with Crippen LogP contribution >= 0.6 is 0 Å². The Hall–Kier alpha value is -3.01. The van der Waals surface area contributed by atoms with E-state index in [-0.39, 0.29) is 5.43 Å². The zero-order valence-corrected chi connectivity index (χ0v) is 13.6. The molecule has 0 unspecified atom stereocenters. The van der Waals surface area contributed by atoms with E-state index in [1.807, 2.05) is 42.5 Å². The summed E-state index contributed by atoms with van der Waals surface area (Å²) in [5, 5.41) is 2.59. The number of fused-ring (bicyclic) bond motifs is 3. The van der Waals surface area contributed by atoms with Crippen molar-refractivity contribution in [3.63, 3.8) is 0 Å². The van der Waals surface area contributed by atoms with Gasteiger partial charge in [-0.05, 0) is 34.9 Å². The van der Waals surface area contributed by atoms with E-state index >= 15 is 0 Å². The monoisotopic (exact) mass is 332 g/mol. The van der Waals surface area contributed by atoms with Crippen LogP contribution in [0.25, 0.3) is 27.3 Å². The maximum absolute atomic E-state index is 13.2. The Labute approximate surface area is 144 Å². The summed E-state index contributed by atoms with van der Waals surface area (Å²) in [5.41, 5.74) is 2.16. The van der Waals surface area contributed by atoms with Crippen LogP contribution in [-0.2, 0) is 9.47 Å². The maximum atomic E-state index is 13.2. The predicted octanol–water partition coefficient (Wildman–Crippen LogP) is 4.38. The van der Waals surface area contributed by atoms with Crippen molar-refractivity contribution >= 4 is 27.3 Å². The lowest BCUT2D eigenvalue weighted by Crippen LogP contribution is -2.17. The topological polar surface area (TPSA) is 48.7 Å². The van der Waals surface area contributed by atoms with Gasteiger partial charge >= 0.3 is 0 Å². The molecule has 5 rings (SSSR count). The molecule has 2 aliphatic rings. The molecular weight excluding hydrogens is 316 g/mol. The summed E-state index contributed by atoms with van der Waals surface area (Å²) >= 11 is 0. The van der Waals surface area contributed by atoms with E-state index in [9.17, 15) is 4.79 Å². The fraction of sp³-hybridized carbons (Fsp3) is 0.190. The highest BCUT2D eigenvalue weighted by atomic mass is 16.6. The van der Waals surface area contributed by atoms with Gasteiger partial charge in [0.2, 0.25) is 5.43 Å². The van der Waals surface area contributed by atoms with E-state index in [0.717, 1.165) is 40.7 Å². The molecule has 0 amide bonds. The lowest BCUT2D eigenvalue weighted by atomic mass is 9.94.